The molecule has 0 heterocycles. The number of carbonyl (C=O) groups excluding carboxylic acids is 2. The van der Waals surface area contributed by atoms with Gasteiger partial charge in [-0.25, -0.2) is 0 Å². The van der Waals surface area contributed by atoms with Gasteiger partial charge in [0.15, 0.2) is 0 Å². The van der Waals surface area contributed by atoms with Gasteiger partial charge in [-0.1, -0.05) is 42.5 Å². The molecule has 1 aliphatic rings. The normalized spacial score (nSPS) is 13.1. The Labute approximate surface area is 156 Å². The second-order valence-electron chi connectivity index (χ2n) is 6.18. The SMILES string of the molecule is CCN(CCCN(CC)C(=O)c1ccccc1)C(=O)C1=CC=CCC=C1. The predicted octanol–water partition coefficient (Wildman–Crippen LogP) is 3.83. The van der Waals surface area contributed by atoms with Crippen molar-refractivity contribution in [2.75, 3.05) is 26.2 Å². The average molecular weight is 352 g/mol. The maximum absolute atomic E-state index is 12.7. The molecule has 4 nitrogen and oxygen atoms in total. The Kier molecular flexibility index (Phi) is 7.87. The van der Waals surface area contributed by atoms with Crippen molar-refractivity contribution in [1.82, 2.24) is 9.80 Å². The first kappa shape index (κ1) is 19.7. The zero-order valence-corrected chi connectivity index (χ0v) is 15.7. The van der Waals surface area contributed by atoms with Crippen molar-refractivity contribution >= 4 is 11.8 Å². The van der Waals surface area contributed by atoms with Crippen molar-refractivity contribution in [3.8, 4) is 0 Å². The van der Waals surface area contributed by atoms with E-state index in [0.29, 0.717) is 37.3 Å². The average Bonchev–Trinajstić information content (AvgIpc) is 2.97. The van der Waals surface area contributed by atoms with Crippen LogP contribution in [0.25, 0.3) is 0 Å². The van der Waals surface area contributed by atoms with Gasteiger partial charge in [0.25, 0.3) is 11.8 Å². The molecule has 2 rings (SSSR count). The minimum absolute atomic E-state index is 0.0435. The Hall–Kier alpha value is -2.62. The number of benzene rings is 1. The van der Waals surface area contributed by atoms with E-state index in [1.54, 1.807) is 0 Å². The van der Waals surface area contributed by atoms with Crippen LogP contribution >= 0.6 is 0 Å². The van der Waals surface area contributed by atoms with E-state index in [9.17, 15) is 9.59 Å². The fraction of sp³-hybridized carbons (Fsp3) is 0.364. The minimum Gasteiger partial charge on any atom is -0.339 e. The van der Waals surface area contributed by atoms with Crippen LogP contribution in [0.1, 0.15) is 37.0 Å². The van der Waals surface area contributed by atoms with Crippen LogP contribution in [0.5, 0.6) is 0 Å². The summed E-state index contributed by atoms with van der Waals surface area (Å²) >= 11 is 0. The molecule has 26 heavy (non-hydrogen) atoms. The van der Waals surface area contributed by atoms with E-state index >= 15 is 0 Å². The van der Waals surface area contributed by atoms with Gasteiger partial charge in [0, 0.05) is 37.3 Å². The third-order valence-corrected chi connectivity index (χ3v) is 4.44. The third-order valence-electron chi connectivity index (χ3n) is 4.44. The number of allylic oxidation sites excluding steroid dienone is 4. The van der Waals surface area contributed by atoms with Crippen molar-refractivity contribution in [2.45, 2.75) is 26.7 Å². The van der Waals surface area contributed by atoms with E-state index < -0.39 is 0 Å². The number of nitrogens with zero attached hydrogens (tertiary/aromatic N) is 2. The predicted molar refractivity (Wildman–Crippen MR) is 106 cm³/mol. The Morgan fingerprint density at radius 2 is 1.58 bits per heavy atom. The molecule has 1 aliphatic carbocycles. The van der Waals surface area contributed by atoms with Gasteiger partial charge < -0.3 is 9.80 Å². The summed E-state index contributed by atoms with van der Waals surface area (Å²) in [6.45, 7) is 6.57. The molecule has 4 heteroatoms. The van der Waals surface area contributed by atoms with E-state index in [2.05, 4.69) is 0 Å². The fourth-order valence-corrected chi connectivity index (χ4v) is 2.93. The Balaban J connectivity index is 1.91. The molecule has 1 aromatic carbocycles. The summed E-state index contributed by atoms with van der Waals surface area (Å²) in [5, 5.41) is 0. The zero-order chi connectivity index (χ0) is 18.8. The van der Waals surface area contributed by atoms with Gasteiger partial charge in [0.2, 0.25) is 0 Å². The van der Waals surface area contributed by atoms with E-state index in [1.165, 1.54) is 0 Å². The molecule has 0 aliphatic heterocycles. The topological polar surface area (TPSA) is 40.6 Å². The highest BCUT2D eigenvalue weighted by atomic mass is 16.2. The number of hydrogen-bond donors (Lipinski definition) is 0. The molecular formula is C22H28N2O2. The Morgan fingerprint density at radius 1 is 0.923 bits per heavy atom. The fourth-order valence-electron chi connectivity index (χ4n) is 2.93. The van der Waals surface area contributed by atoms with Crippen LogP contribution in [-0.2, 0) is 4.79 Å². The summed E-state index contributed by atoms with van der Waals surface area (Å²) in [6, 6.07) is 9.34. The molecule has 0 unspecified atom stereocenters. The quantitative estimate of drug-likeness (QED) is 0.713. The smallest absolute Gasteiger partial charge is 0.253 e. The van der Waals surface area contributed by atoms with Gasteiger partial charge in [-0.2, -0.15) is 0 Å². The number of amides is 2. The standard InChI is InChI=1S/C22H28N2O2/c1-3-23(21(25)19-13-8-5-6-9-14-19)17-12-18-24(4-2)22(26)20-15-10-7-11-16-20/h5,7-11,13-16H,3-4,6,12,17-18H2,1-2H3. The van der Waals surface area contributed by atoms with Crippen molar-refractivity contribution in [3.05, 3.63) is 71.8 Å². The molecule has 1 aromatic rings. The highest BCUT2D eigenvalue weighted by Crippen LogP contribution is 2.10. The van der Waals surface area contributed by atoms with Crippen molar-refractivity contribution in [3.63, 3.8) is 0 Å². The molecule has 0 radical (unpaired) electrons. The first-order chi connectivity index (χ1) is 12.7. The molecule has 0 bridgehead atoms. The Bertz CT molecular complexity index is 689. The lowest BCUT2D eigenvalue weighted by molar-refractivity contribution is -0.126. The monoisotopic (exact) mass is 352 g/mol. The number of rotatable bonds is 8. The number of hydrogen-bond acceptors (Lipinski definition) is 2. The maximum atomic E-state index is 12.7. The number of carbonyl (C=O) groups is 2. The van der Waals surface area contributed by atoms with Gasteiger partial charge >= 0.3 is 0 Å². The van der Waals surface area contributed by atoms with Gasteiger partial charge in [0.1, 0.15) is 0 Å². The lowest BCUT2D eigenvalue weighted by Crippen LogP contribution is -2.36. The molecule has 0 saturated heterocycles. The van der Waals surface area contributed by atoms with Crippen LogP contribution in [0.2, 0.25) is 0 Å². The van der Waals surface area contributed by atoms with E-state index in [0.717, 1.165) is 12.8 Å². The zero-order valence-electron chi connectivity index (χ0n) is 15.7. The third kappa shape index (κ3) is 5.45. The van der Waals surface area contributed by atoms with Crippen LogP contribution in [0, 0.1) is 0 Å². The van der Waals surface area contributed by atoms with E-state index in [4.69, 9.17) is 0 Å². The summed E-state index contributed by atoms with van der Waals surface area (Å²) in [4.78, 5) is 28.9. The van der Waals surface area contributed by atoms with Crippen molar-refractivity contribution < 1.29 is 9.59 Å². The molecule has 2 amide bonds. The second kappa shape index (κ2) is 10.4. The number of likely N-dealkylation sites (N-methyl/N-ethyl adjacent to an activating group) is 1. The Morgan fingerprint density at radius 3 is 2.23 bits per heavy atom. The van der Waals surface area contributed by atoms with Crippen molar-refractivity contribution in [2.24, 2.45) is 0 Å². The van der Waals surface area contributed by atoms with E-state index in [1.807, 2.05) is 84.4 Å². The minimum atomic E-state index is 0.0435. The molecule has 0 fully saturated rings. The molecule has 0 atom stereocenters. The first-order valence-corrected chi connectivity index (χ1v) is 9.34. The molecule has 0 N–H and O–H groups in total. The second-order valence-corrected chi connectivity index (χ2v) is 6.18. The van der Waals surface area contributed by atoms with Crippen LogP contribution in [-0.4, -0.2) is 47.8 Å². The summed E-state index contributed by atoms with van der Waals surface area (Å²) in [6.07, 6.45) is 11.3. The van der Waals surface area contributed by atoms with Gasteiger partial charge in [0.05, 0.1) is 0 Å². The molecule has 0 saturated carbocycles. The lowest BCUT2D eigenvalue weighted by atomic mass is 10.2. The summed E-state index contributed by atoms with van der Waals surface area (Å²) in [7, 11) is 0. The van der Waals surface area contributed by atoms with Gasteiger partial charge in [-0.15, -0.1) is 0 Å². The summed E-state index contributed by atoms with van der Waals surface area (Å²) in [5.41, 5.74) is 1.42. The maximum Gasteiger partial charge on any atom is 0.253 e. The van der Waals surface area contributed by atoms with Crippen LogP contribution in [0.4, 0.5) is 0 Å². The van der Waals surface area contributed by atoms with Crippen LogP contribution < -0.4 is 0 Å². The first-order valence-electron chi connectivity index (χ1n) is 9.34. The molecule has 138 valence electrons. The lowest BCUT2D eigenvalue weighted by Gasteiger charge is -2.25. The molecular weight excluding hydrogens is 324 g/mol. The van der Waals surface area contributed by atoms with Crippen LogP contribution in [0.15, 0.2) is 66.3 Å². The van der Waals surface area contributed by atoms with Crippen LogP contribution in [0.3, 0.4) is 0 Å². The highest BCUT2D eigenvalue weighted by molar-refractivity contribution is 5.96. The highest BCUT2D eigenvalue weighted by Gasteiger charge is 2.17. The molecule has 0 spiro atoms. The van der Waals surface area contributed by atoms with Crippen molar-refractivity contribution in [1.29, 1.82) is 0 Å². The summed E-state index contributed by atoms with van der Waals surface area (Å²) in [5.74, 6) is 0.0924. The van der Waals surface area contributed by atoms with E-state index in [-0.39, 0.29) is 11.8 Å². The molecule has 0 aromatic heterocycles. The van der Waals surface area contributed by atoms with Gasteiger partial charge in [-0.3, -0.25) is 9.59 Å². The largest absolute Gasteiger partial charge is 0.339 e. The summed E-state index contributed by atoms with van der Waals surface area (Å²) < 4.78 is 0. The van der Waals surface area contributed by atoms with Gasteiger partial charge in [-0.05, 0) is 44.9 Å².